The normalized spacial score (nSPS) is 10.7. The molecule has 0 aliphatic carbocycles. The minimum atomic E-state index is 0.830. The fraction of sp³-hybridized carbons (Fsp3) is 0.125. The van der Waals surface area contributed by atoms with Gasteiger partial charge in [0.05, 0.1) is 0 Å². The predicted molar refractivity (Wildman–Crippen MR) is 86.8 cm³/mol. The van der Waals surface area contributed by atoms with Crippen molar-refractivity contribution in [2.75, 3.05) is 11.9 Å². The molecule has 1 N–H and O–H groups in total. The maximum atomic E-state index is 4.40. The molecule has 0 unspecified atom stereocenters. The zero-order valence-corrected chi connectivity index (χ0v) is 12.7. The van der Waals surface area contributed by atoms with Gasteiger partial charge in [-0.15, -0.1) is 10.2 Å². The lowest BCUT2D eigenvalue weighted by atomic mass is 10.0. The summed E-state index contributed by atoms with van der Waals surface area (Å²) in [6, 6.07) is 16.3. The van der Waals surface area contributed by atoms with Gasteiger partial charge in [-0.1, -0.05) is 52.3 Å². The maximum absolute atomic E-state index is 4.40. The van der Waals surface area contributed by atoms with Crippen molar-refractivity contribution in [1.82, 2.24) is 10.2 Å². The van der Waals surface area contributed by atoms with E-state index in [9.17, 15) is 0 Å². The van der Waals surface area contributed by atoms with Crippen LogP contribution in [0.1, 0.15) is 6.92 Å². The molecule has 0 atom stereocenters. The third-order valence-corrected chi connectivity index (χ3v) is 3.68. The van der Waals surface area contributed by atoms with Crippen molar-refractivity contribution in [3.63, 3.8) is 0 Å². The van der Waals surface area contributed by atoms with Crippen LogP contribution in [-0.4, -0.2) is 16.7 Å². The monoisotopic (exact) mass is 327 g/mol. The van der Waals surface area contributed by atoms with Crippen LogP contribution >= 0.6 is 15.9 Å². The number of nitrogens with zero attached hydrogens (tertiary/aromatic N) is 2. The van der Waals surface area contributed by atoms with E-state index in [0.717, 1.165) is 38.9 Å². The van der Waals surface area contributed by atoms with Crippen LogP contribution in [0.5, 0.6) is 0 Å². The standard InChI is InChI=1S/C16H14BrN3/c1-2-18-16-14-6-4-3-5-13(14)15(19-20-16)11-7-9-12(17)10-8-11/h3-10H,2H2,1H3,(H,18,20). The SMILES string of the molecule is CCNc1nnc(-c2ccc(Br)cc2)c2ccccc12. The molecule has 100 valence electrons. The molecular formula is C16H14BrN3. The van der Waals surface area contributed by atoms with Gasteiger partial charge in [-0.3, -0.25) is 0 Å². The number of aromatic nitrogens is 2. The number of fused-ring (bicyclic) bond motifs is 1. The molecule has 0 aliphatic heterocycles. The Morgan fingerprint density at radius 1 is 0.950 bits per heavy atom. The van der Waals surface area contributed by atoms with E-state index >= 15 is 0 Å². The number of rotatable bonds is 3. The molecule has 3 aromatic rings. The Morgan fingerprint density at radius 3 is 2.35 bits per heavy atom. The van der Waals surface area contributed by atoms with E-state index in [4.69, 9.17) is 0 Å². The summed E-state index contributed by atoms with van der Waals surface area (Å²) in [7, 11) is 0. The van der Waals surface area contributed by atoms with Crippen molar-refractivity contribution in [3.05, 3.63) is 53.0 Å². The lowest BCUT2D eigenvalue weighted by Gasteiger charge is -2.10. The zero-order valence-electron chi connectivity index (χ0n) is 11.1. The number of nitrogens with one attached hydrogen (secondary N) is 1. The smallest absolute Gasteiger partial charge is 0.156 e. The van der Waals surface area contributed by atoms with Gasteiger partial charge in [-0.2, -0.15) is 0 Å². The minimum Gasteiger partial charge on any atom is -0.368 e. The predicted octanol–water partition coefficient (Wildman–Crippen LogP) is 4.49. The highest BCUT2D eigenvalue weighted by Crippen LogP contribution is 2.30. The Labute approximate surface area is 126 Å². The number of anilines is 1. The van der Waals surface area contributed by atoms with Crippen LogP contribution in [0.25, 0.3) is 22.0 Å². The first-order valence-electron chi connectivity index (χ1n) is 6.55. The van der Waals surface area contributed by atoms with E-state index < -0.39 is 0 Å². The van der Waals surface area contributed by atoms with Crippen LogP contribution in [0, 0.1) is 0 Å². The van der Waals surface area contributed by atoms with Gasteiger partial charge in [0.1, 0.15) is 5.69 Å². The summed E-state index contributed by atoms with van der Waals surface area (Å²) in [5.74, 6) is 0.837. The lowest BCUT2D eigenvalue weighted by Crippen LogP contribution is -2.02. The van der Waals surface area contributed by atoms with Crippen molar-refractivity contribution in [3.8, 4) is 11.3 Å². The van der Waals surface area contributed by atoms with Gasteiger partial charge in [0, 0.05) is 27.4 Å². The Bertz CT molecular complexity index is 738. The van der Waals surface area contributed by atoms with Crippen LogP contribution in [-0.2, 0) is 0 Å². The number of hydrogen-bond donors (Lipinski definition) is 1. The third kappa shape index (κ3) is 2.39. The summed E-state index contributed by atoms with van der Waals surface area (Å²) in [5.41, 5.74) is 1.98. The molecule has 0 radical (unpaired) electrons. The van der Waals surface area contributed by atoms with E-state index in [0.29, 0.717) is 0 Å². The molecule has 1 heterocycles. The second-order valence-corrected chi connectivity index (χ2v) is 5.40. The second kappa shape index (κ2) is 5.59. The molecule has 0 amide bonds. The van der Waals surface area contributed by atoms with Crippen LogP contribution in [0.15, 0.2) is 53.0 Å². The van der Waals surface area contributed by atoms with Crippen molar-refractivity contribution in [2.45, 2.75) is 6.92 Å². The molecular weight excluding hydrogens is 314 g/mol. The van der Waals surface area contributed by atoms with Gasteiger partial charge in [0.15, 0.2) is 5.82 Å². The molecule has 0 fully saturated rings. The van der Waals surface area contributed by atoms with Gasteiger partial charge in [-0.05, 0) is 19.1 Å². The molecule has 0 aliphatic rings. The second-order valence-electron chi connectivity index (χ2n) is 4.48. The molecule has 3 rings (SSSR count). The van der Waals surface area contributed by atoms with Crippen molar-refractivity contribution < 1.29 is 0 Å². The van der Waals surface area contributed by atoms with Gasteiger partial charge in [0.2, 0.25) is 0 Å². The fourth-order valence-electron chi connectivity index (χ4n) is 2.22. The molecule has 0 saturated carbocycles. The van der Waals surface area contributed by atoms with Crippen molar-refractivity contribution >= 4 is 32.5 Å². The average Bonchev–Trinajstić information content (AvgIpc) is 2.49. The summed E-state index contributed by atoms with van der Waals surface area (Å²) in [5, 5.41) is 14.2. The van der Waals surface area contributed by atoms with Crippen LogP contribution < -0.4 is 5.32 Å². The summed E-state index contributed by atoms with van der Waals surface area (Å²) in [6.45, 7) is 2.88. The average molecular weight is 328 g/mol. The quantitative estimate of drug-likeness (QED) is 0.770. The zero-order chi connectivity index (χ0) is 13.9. The molecule has 2 aromatic carbocycles. The molecule has 20 heavy (non-hydrogen) atoms. The Morgan fingerprint density at radius 2 is 1.65 bits per heavy atom. The van der Waals surface area contributed by atoms with Gasteiger partial charge < -0.3 is 5.32 Å². The molecule has 0 saturated heterocycles. The summed E-state index contributed by atoms with van der Waals surface area (Å²) in [6.07, 6.45) is 0. The summed E-state index contributed by atoms with van der Waals surface area (Å²) in [4.78, 5) is 0. The highest BCUT2D eigenvalue weighted by molar-refractivity contribution is 9.10. The first-order chi connectivity index (χ1) is 9.79. The minimum absolute atomic E-state index is 0.830. The lowest BCUT2D eigenvalue weighted by molar-refractivity contribution is 1.03. The van der Waals surface area contributed by atoms with Crippen LogP contribution in [0.4, 0.5) is 5.82 Å². The van der Waals surface area contributed by atoms with Crippen LogP contribution in [0.2, 0.25) is 0 Å². The fourth-order valence-corrected chi connectivity index (χ4v) is 2.49. The van der Waals surface area contributed by atoms with E-state index in [1.807, 2.05) is 36.4 Å². The highest BCUT2D eigenvalue weighted by atomic mass is 79.9. The summed E-state index contributed by atoms with van der Waals surface area (Å²) < 4.78 is 1.06. The Kier molecular flexibility index (Phi) is 3.65. The molecule has 1 aromatic heterocycles. The largest absolute Gasteiger partial charge is 0.368 e. The van der Waals surface area contributed by atoms with E-state index in [2.05, 4.69) is 50.5 Å². The summed E-state index contributed by atoms with van der Waals surface area (Å²) >= 11 is 3.45. The molecule has 3 nitrogen and oxygen atoms in total. The van der Waals surface area contributed by atoms with Crippen molar-refractivity contribution in [2.24, 2.45) is 0 Å². The van der Waals surface area contributed by atoms with Crippen molar-refractivity contribution in [1.29, 1.82) is 0 Å². The number of hydrogen-bond acceptors (Lipinski definition) is 3. The van der Waals surface area contributed by atoms with E-state index in [1.165, 1.54) is 0 Å². The first-order valence-corrected chi connectivity index (χ1v) is 7.34. The highest BCUT2D eigenvalue weighted by Gasteiger charge is 2.09. The third-order valence-electron chi connectivity index (χ3n) is 3.15. The topological polar surface area (TPSA) is 37.8 Å². The van der Waals surface area contributed by atoms with Gasteiger partial charge in [0.25, 0.3) is 0 Å². The Balaban J connectivity index is 2.22. The van der Waals surface area contributed by atoms with Gasteiger partial charge >= 0.3 is 0 Å². The molecule has 0 spiro atoms. The van der Waals surface area contributed by atoms with Crippen LogP contribution in [0.3, 0.4) is 0 Å². The molecule has 0 bridgehead atoms. The van der Waals surface area contributed by atoms with Gasteiger partial charge in [-0.25, -0.2) is 0 Å². The number of halogens is 1. The van der Waals surface area contributed by atoms with E-state index in [1.54, 1.807) is 0 Å². The molecule has 4 heteroatoms. The Hall–Kier alpha value is -1.94. The maximum Gasteiger partial charge on any atom is 0.156 e. The number of benzene rings is 2. The first kappa shape index (κ1) is 13.1. The van der Waals surface area contributed by atoms with E-state index in [-0.39, 0.29) is 0 Å².